The van der Waals surface area contributed by atoms with Crippen LogP contribution in [0.2, 0.25) is 0 Å². The Morgan fingerprint density at radius 2 is 2.46 bits per heavy atom. The molecule has 1 aliphatic heterocycles. The highest BCUT2D eigenvalue weighted by atomic mass is 19.1. The number of halogens is 1. The molecule has 1 atom stereocenters. The molecule has 70 valence electrons. The van der Waals surface area contributed by atoms with Crippen molar-refractivity contribution in [2.45, 2.75) is 5.92 Å². The molecule has 0 bridgehead atoms. The van der Waals surface area contributed by atoms with Gasteiger partial charge in [-0.15, -0.1) is 0 Å². The first kappa shape index (κ1) is 8.35. The number of alkyl halides is 1. The molecule has 2 rings (SSSR count). The van der Waals surface area contributed by atoms with Crippen molar-refractivity contribution >= 4 is 5.69 Å². The summed E-state index contributed by atoms with van der Waals surface area (Å²) in [6, 6.07) is 5.72. The van der Waals surface area contributed by atoms with Gasteiger partial charge in [0.25, 0.3) is 0 Å². The highest BCUT2D eigenvalue weighted by molar-refractivity contribution is 5.66. The van der Waals surface area contributed by atoms with E-state index in [1.54, 1.807) is 7.11 Å². The van der Waals surface area contributed by atoms with E-state index in [9.17, 15) is 4.39 Å². The fraction of sp³-hybridized carbons (Fsp3) is 0.400. The van der Waals surface area contributed by atoms with Crippen molar-refractivity contribution in [3.63, 3.8) is 0 Å². The van der Waals surface area contributed by atoms with Gasteiger partial charge in [-0.3, -0.25) is 4.39 Å². The molecule has 3 heteroatoms. The second-order valence-electron chi connectivity index (χ2n) is 3.16. The predicted octanol–water partition coefficient (Wildman–Crippen LogP) is 2.17. The van der Waals surface area contributed by atoms with Crippen molar-refractivity contribution < 1.29 is 9.13 Å². The van der Waals surface area contributed by atoms with E-state index in [-0.39, 0.29) is 12.6 Å². The monoisotopic (exact) mass is 181 g/mol. The quantitative estimate of drug-likeness (QED) is 0.755. The maximum Gasteiger partial charge on any atom is 0.142 e. The summed E-state index contributed by atoms with van der Waals surface area (Å²) >= 11 is 0. The Morgan fingerprint density at radius 1 is 1.62 bits per heavy atom. The summed E-state index contributed by atoms with van der Waals surface area (Å²) in [6.07, 6.45) is 0. The van der Waals surface area contributed by atoms with E-state index in [4.69, 9.17) is 4.74 Å². The van der Waals surface area contributed by atoms with Gasteiger partial charge in [-0.2, -0.15) is 0 Å². The molecule has 0 radical (unpaired) electrons. The Morgan fingerprint density at radius 3 is 3.15 bits per heavy atom. The summed E-state index contributed by atoms with van der Waals surface area (Å²) in [4.78, 5) is 0. The van der Waals surface area contributed by atoms with E-state index in [0.717, 1.165) is 17.0 Å². The molecule has 1 heterocycles. The molecule has 1 aromatic carbocycles. The highest BCUT2D eigenvalue weighted by Gasteiger charge is 2.24. The Balaban J connectivity index is 2.43. The molecular weight excluding hydrogens is 169 g/mol. The number of rotatable bonds is 2. The first-order chi connectivity index (χ1) is 6.36. The lowest BCUT2D eigenvalue weighted by atomic mass is 10.0. The van der Waals surface area contributed by atoms with Crippen molar-refractivity contribution in [2.75, 3.05) is 25.6 Å². The minimum absolute atomic E-state index is 0.00917. The molecule has 0 amide bonds. The van der Waals surface area contributed by atoms with Crippen molar-refractivity contribution in [3.05, 3.63) is 23.8 Å². The summed E-state index contributed by atoms with van der Waals surface area (Å²) in [5.74, 6) is 0.790. The summed E-state index contributed by atoms with van der Waals surface area (Å²) in [7, 11) is 1.63. The van der Waals surface area contributed by atoms with E-state index in [1.165, 1.54) is 0 Å². The zero-order chi connectivity index (χ0) is 9.26. The van der Waals surface area contributed by atoms with Crippen LogP contribution in [0.5, 0.6) is 5.75 Å². The number of hydrogen-bond donors (Lipinski definition) is 1. The van der Waals surface area contributed by atoms with Crippen LogP contribution >= 0.6 is 0 Å². The van der Waals surface area contributed by atoms with Gasteiger partial charge in [0.2, 0.25) is 0 Å². The van der Waals surface area contributed by atoms with Crippen molar-refractivity contribution in [2.24, 2.45) is 0 Å². The standard InChI is InChI=1S/C10H12FNO/c1-13-9-4-2-3-8-7(5-11)6-12-10(8)9/h2-4,7,12H,5-6H2,1H3. The predicted molar refractivity (Wildman–Crippen MR) is 50.2 cm³/mol. The SMILES string of the molecule is COc1cccc2c1NCC2CF. The average molecular weight is 181 g/mol. The number of fused-ring (bicyclic) bond motifs is 1. The summed E-state index contributed by atoms with van der Waals surface area (Å²) in [5.41, 5.74) is 1.98. The van der Waals surface area contributed by atoms with Gasteiger partial charge < -0.3 is 10.1 Å². The van der Waals surface area contributed by atoms with Crippen molar-refractivity contribution in [1.82, 2.24) is 0 Å². The van der Waals surface area contributed by atoms with Crippen LogP contribution in [0.3, 0.4) is 0 Å². The smallest absolute Gasteiger partial charge is 0.142 e. The lowest BCUT2D eigenvalue weighted by molar-refractivity contribution is 0.416. The Labute approximate surface area is 76.7 Å². The van der Waals surface area contributed by atoms with Gasteiger partial charge in [0.15, 0.2) is 0 Å². The minimum Gasteiger partial charge on any atom is -0.495 e. The Hall–Kier alpha value is -1.25. The molecule has 0 saturated carbocycles. The second kappa shape index (κ2) is 3.24. The van der Waals surface area contributed by atoms with Crippen LogP contribution in [-0.4, -0.2) is 20.3 Å². The van der Waals surface area contributed by atoms with Crippen LogP contribution in [0.15, 0.2) is 18.2 Å². The third-order valence-corrected chi connectivity index (χ3v) is 2.43. The van der Waals surface area contributed by atoms with Gasteiger partial charge in [-0.25, -0.2) is 0 Å². The zero-order valence-electron chi connectivity index (χ0n) is 7.51. The molecule has 0 fully saturated rings. The van der Waals surface area contributed by atoms with Crippen LogP contribution in [0.1, 0.15) is 11.5 Å². The first-order valence-corrected chi connectivity index (χ1v) is 4.33. The number of nitrogens with one attached hydrogen (secondary N) is 1. The van der Waals surface area contributed by atoms with E-state index in [1.807, 2.05) is 18.2 Å². The van der Waals surface area contributed by atoms with Crippen LogP contribution in [0.4, 0.5) is 10.1 Å². The third kappa shape index (κ3) is 1.24. The number of benzene rings is 1. The van der Waals surface area contributed by atoms with E-state index < -0.39 is 0 Å². The van der Waals surface area contributed by atoms with Crippen molar-refractivity contribution in [3.8, 4) is 5.75 Å². The van der Waals surface area contributed by atoms with Gasteiger partial charge >= 0.3 is 0 Å². The second-order valence-corrected chi connectivity index (χ2v) is 3.16. The normalized spacial score (nSPS) is 19.4. The maximum absolute atomic E-state index is 12.5. The fourth-order valence-electron chi connectivity index (χ4n) is 1.72. The zero-order valence-corrected chi connectivity index (χ0v) is 7.51. The lowest BCUT2D eigenvalue weighted by Crippen LogP contribution is -2.03. The highest BCUT2D eigenvalue weighted by Crippen LogP contribution is 2.38. The van der Waals surface area contributed by atoms with Gasteiger partial charge in [-0.05, 0) is 11.6 Å². The fourth-order valence-corrected chi connectivity index (χ4v) is 1.72. The average Bonchev–Trinajstić information content (AvgIpc) is 2.60. The minimum atomic E-state index is -0.312. The van der Waals surface area contributed by atoms with Gasteiger partial charge in [0.05, 0.1) is 19.5 Å². The summed E-state index contributed by atoms with van der Waals surface area (Å²) in [5, 5.41) is 3.16. The van der Waals surface area contributed by atoms with E-state index >= 15 is 0 Å². The first-order valence-electron chi connectivity index (χ1n) is 4.33. The number of ether oxygens (including phenoxy) is 1. The molecule has 0 spiro atoms. The van der Waals surface area contributed by atoms with Crippen LogP contribution < -0.4 is 10.1 Å². The number of anilines is 1. The molecular formula is C10H12FNO. The van der Waals surface area contributed by atoms with Gasteiger partial charge in [-0.1, -0.05) is 12.1 Å². The Bertz CT molecular complexity index is 314. The van der Waals surface area contributed by atoms with Crippen LogP contribution in [-0.2, 0) is 0 Å². The van der Waals surface area contributed by atoms with Gasteiger partial charge in [0.1, 0.15) is 5.75 Å². The van der Waals surface area contributed by atoms with Crippen LogP contribution in [0, 0.1) is 0 Å². The van der Waals surface area contributed by atoms with E-state index in [0.29, 0.717) is 6.54 Å². The molecule has 13 heavy (non-hydrogen) atoms. The van der Waals surface area contributed by atoms with Gasteiger partial charge in [0, 0.05) is 12.5 Å². The van der Waals surface area contributed by atoms with Crippen molar-refractivity contribution in [1.29, 1.82) is 0 Å². The molecule has 0 saturated heterocycles. The summed E-state index contributed by atoms with van der Waals surface area (Å²) in [6.45, 7) is 0.360. The number of methoxy groups -OCH3 is 1. The molecule has 1 aliphatic rings. The maximum atomic E-state index is 12.5. The lowest BCUT2D eigenvalue weighted by Gasteiger charge is -2.07. The van der Waals surface area contributed by atoms with E-state index in [2.05, 4.69) is 5.32 Å². The molecule has 2 nitrogen and oxygen atoms in total. The molecule has 0 aromatic heterocycles. The third-order valence-electron chi connectivity index (χ3n) is 2.43. The molecule has 1 N–H and O–H groups in total. The summed E-state index contributed by atoms with van der Waals surface area (Å²) < 4.78 is 17.7. The molecule has 0 aliphatic carbocycles. The number of para-hydroxylation sites is 1. The molecule has 1 unspecified atom stereocenters. The Kier molecular flexibility index (Phi) is 2.08. The van der Waals surface area contributed by atoms with Crippen LogP contribution in [0.25, 0.3) is 0 Å². The number of hydrogen-bond acceptors (Lipinski definition) is 2. The molecule has 1 aromatic rings. The largest absolute Gasteiger partial charge is 0.495 e. The topological polar surface area (TPSA) is 21.3 Å².